The molecule has 3 aromatic heterocycles. The second kappa shape index (κ2) is 11.5. The lowest BCUT2D eigenvalue weighted by Gasteiger charge is -2.27. The average molecular weight is 579 g/mol. The molecule has 4 aromatic rings. The smallest absolute Gasteiger partial charge is 0.220 e. The van der Waals surface area contributed by atoms with E-state index in [1.807, 2.05) is 47.3 Å². The highest BCUT2D eigenvalue weighted by Gasteiger charge is 2.23. The van der Waals surface area contributed by atoms with Crippen molar-refractivity contribution in [1.82, 2.24) is 35.7 Å². The molecule has 0 saturated carbocycles. The molecule has 1 amide bonds. The first kappa shape index (κ1) is 26.7. The predicted molar refractivity (Wildman–Crippen MR) is 155 cm³/mol. The lowest BCUT2D eigenvalue weighted by Crippen LogP contribution is -2.43. The molecule has 11 heteroatoms. The van der Waals surface area contributed by atoms with Crippen LogP contribution < -0.4 is 20.7 Å². The largest absolute Gasteiger partial charge is 0.481 e. The zero-order chi connectivity index (χ0) is 27.6. The molecule has 9 nitrogen and oxygen atoms in total. The minimum absolute atomic E-state index is 0.108. The second-order valence-corrected chi connectivity index (χ2v) is 10.8. The van der Waals surface area contributed by atoms with Crippen LogP contribution in [0.25, 0.3) is 33.6 Å². The SMILES string of the molecule is COc1nc(-c2cccc(-c3ccnc(-c4cnn(C5CNC5)c4)c3Cl)c2Cl)ccc1CNC[C@H]1CCC(=O)N1. The molecule has 2 saturated heterocycles. The van der Waals surface area contributed by atoms with Gasteiger partial charge in [-0.3, -0.25) is 14.5 Å². The number of hydrogen-bond acceptors (Lipinski definition) is 7. The maximum absolute atomic E-state index is 11.4. The first-order valence-electron chi connectivity index (χ1n) is 13.2. The van der Waals surface area contributed by atoms with E-state index >= 15 is 0 Å². The number of carbonyl (C=O) groups excluding carboxylic acids is 1. The van der Waals surface area contributed by atoms with Crippen molar-refractivity contribution in [2.24, 2.45) is 0 Å². The molecule has 1 aromatic carbocycles. The Labute approximate surface area is 242 Å². The van der Waals surface area contributed by atoms with Crippen LogP contribution >= 0.6 is 23.2 Å². The number of nitrogens with zero attached hydrogens (tertiary/aromatic N) is 4. The number of hydrogen-bond donors (Lipinski definition) is 3. The Bertz CT molecular complexity index is 1550. The van der Waals surface area contributed by atoms with Gasteiger partial charge in [-0.2, -0.15) is 5.10 Å². The number of halogens is 2. The minimum atomic E-state index is 0.108. The van der Waals surface area contributed by atoms with Gasteiger partial charge in [0.05, 0.1) is 40.8 Å². The lowest BCUT2D eigenvalue weighted by molar-refractivity contribution is -0.119. The number of ether oxygens (including phenoxy) is 1. The van der Waals surface area contributed by atoms with Gasteiger partial charge in [-0.1, -0.05) is 47.5 Å². The average Bonchev–Trinajstić information content (AvgIpc) is 3.57. The Balaban J connectivity index is 1.25. The first-order chi connectivity index (χ1) is 19.5. The summed E-state index contributed by atoms with van der Waals surface area (Å²) < 4.78 is 7.56. The maximum atomic E-state index is 11.4. The monoisotopic (exact) mass is 577 g/mol. The van der Waals surface area contributed by atoms with Gasteiger partial charge in [-0.15, -0.1) is 0 Å². The molecule has 0 spiro atoms. The predicted octanol–water partition coefficient (Wildman–Crippen LogP) is 4.50. The topological polar surface area (TPSA) is 106 Å². The normalized spacial score (nSPS) is 17.1. The van der Waals surface area contributed by atoms with Crippen molar-refractivity contribution in [3.63, 3.8) is 0 Å². The summed E-state index contributed by atoms with van der Waals surface area (Å²) in [5.74, 6) is 0.626. The van der Waals surface area contributed by atoms with E-state index in [0.717, 1.165) is 47.3 Å². The van der Waals surface area contributed by atoms with Gasteiger partial charge in [0, 0.05) is 78.9 Å². The van der Waals surface area contributed by atoms with Crippen LogP contribution in [-0.2, 0) is 11.3 Å². The Morgan fingerprint density at radius 3 is 2.67 bits per heavy atom. The Hall–Kier alpha value is -3.50. The van der Waals surface area contributed by atoms with Crippen molar-refractivity contribution in [2.75, 3.05) is 26.7 Å². The highest BCUT2D eigenvalue weighted by molar-refractivity contribution is 6.39. The molecule has 1 atom stereocenters. The standard InChI is InChI=1S/C29H29Cl2N7O2/c1-40-29-17(11-32-13-19-6-8-25(39)36-19)5-7-24(37-29)23-4-2-3-21(26(23)30)22-9-10-34-28(27(22)31)18-12-35-38(16-18)20-14-33-15-20/h2-5,7,9-10,12,16,19-20,32-33H,6,8,11,13-15H2,1H3,(H,36,39)/t19-/m1/s1. The highest BCUT2D eigenvalue weighted by Crippen LogP contribution is 2.41. The van der Waals surface area contributed by atoms with Crippen LogP contribution in [0.5, 0.6) is 5.88 Å². The molecule has 0 unspecified atom stereocenters. The van der Waals surface area contributed by atoms with Crippen LogP contribution in [-0.4, -0.2) is 58.4 Å². The maximum Gasteiger partial charge on any atom is 0.220 e. The molecule has 2 aliphatic heterocycles. The minimum Gasteiger partial charge on any atom is -0.481 e. The summed E-state index contributed by atoms with van der Waals surface area (Å²) in [6.45, 7) is 3.07. The van der Waals surface area contributed by atoms with Crippen molar-refractivity contribution in [1.29, 1.82) is 0 Å². The summed E-state index contributed by atoms with van der Waals surface area (Å²) in [6, 6.07) is 12.1. The Morgan fingerprint density at radius 2 is 1.93 bits per heavy atom. The molecular weight excluding hydrogens is 549 g/mol. The number of nitrogens with one attached hydrogen (secondary N) is 3. The van der Waals surface area contributed by atoms with Gasteiger partial charge in [-0.25, -0.2) is 4.98 Å². The molecule has 0 radical (unpaired) electrons. The number of rotatable bonds is 9. The van der Waals surface area contributed by atoms with Gasteiger partial charge in [0.2, 0.25) is 11.8 Å². The van der Waals surface area contributed by atoms with E-state index < -0.39 is 0 Å². The van der Waals surface area contributed by atoms with Crippen LogP contribution in [0.4, 0.5) is 0 Å². The molecule has 2 fully saturated rings. The molecule has 40 heavy (non-hydrogen) atoms. The van der Waals surface area contributed by atoms with Crippen molar-refractivity contribution >= 4 is 29.1 Å². The molecule has 2 aliphatic rings. The van der Waals surface area contributed by atoms with E-state index in [-0.39, 0.29) is 11.9 Å². The van der Waals surface area contributed by atoms with Crippen LogP contribution in [0.3, 0.4) is 0 Å². The van der Waals surface area contributed by atoms with Crippen molar-refractivity contribution in [2.45, 2.75) is 31.5 Å². The molecule has 3 N–H and O–H groups in total. The van der Waals surface area contributed by atoms with E-state index in [4.69, 9.17) is 32.9 Å². The summed E-state index contributed by atoms with van der Waals surface area (Å²) in [5, 5.41) is 15.2. The third-order valence-corrected chi connectivity index (χ3v) is 8.18. The number of methoxy groups -OCH3 is 1. The van der Waals surface area contributed by atoms with E-state index in [1.54, 1.807) is 19.5 Å². The van der Waals surface area contributed by atoms with Gasteiger partial charge < -0.3 is 20.7 Å². The van der Waals surface area contributed by atoms with Crippen molar-refractivity contribution in [3.05, 3.63) is 70.6 Å². The highest BCUT2D eigenvalue weighted by atomic mass is 35.5. The number of benzene rings is 1. The zero-order valence-electron chi connectivity index (χ0n) is 22.0. The molecule has 206 valence electrons. The van der Waals surface area contributed by atoms with E-state index in [0.29, 0.717) is 52.9 Å². The van der Waals surface area contributed by atoms with E-state index in [9.17, 15) is 4.79 Å². The number of pyridine rings is 2. The summed E-state index contributed by atoms with van der Waals surface area (Å²) >= 11 is 13.9. The Morgan fingerprint density at radius 1 is 1.10 bits per heavy atom. The lowest BCUT2D eigenvalue weighted by atomic mass is 10.00. The van der Waals surface area contributed by atoms with Gasteiger partial charge in [0.1, 0.15) is 0 Å². The van der Waals surface area contributed by atoms with Crippen molar-refractivity contribution in [3.8, 4) is 39.5 Å². The fourth-order valence-electron chi connectivity index (χ4n) is 5.05. The number of carbonyl (C=O) groups is 1. The summed E-state index contributed by atoms with van der Waals surface area (Å²) in [6.07, 6.45) is 6.95. The summed E-state index contributed by atoms with van der Waals surface area (Å²) in [7, 11) is 1.60. The summed E-state index contributed by atoms with van der Waals surface area (Å²) in [4.78, 5) is 20.8. The third-order valence-electron chi connectivity index (χ3n) is 7.39. The van der Waals surface area contributed by atoms with Crippen LogP contribution in [0.2, 0.25) is 10.0 Å². The summed E-state index contributed by atoms with van der Waals surface area (Å²) in [5.41, 5.74) is 5.46. The van der Waals surface area contributed by atoms with Crippen LogP contribution in [0.1, 0.15) is 24.4 Å². The van der Waals surface area contributed by atoms with E-state index in [2.05, 4.69) is 26.0 Å². The quantitative estimate of drug-likeness (QED) is 0.269. The molecular formula is C29H29Cl2N7O2. The second-order valence-electron chi connectivity index (χ2n) is 10.0. The molecule has 6 rings (SSSR count). The third kappa shape index (κ3) is 5.30. The Kier molecular flexibility index (Phi) is 7.71. The van der Waals surface area contributed by atoms with Gasteiger partial charge in [0.25, 0.3) is 0 Å². The molecule has 5 heterocycles. The van der Waals surface area contributed by atoms with Gasteiger partial charge in [-0.05, 0) is 18.6 Å². The van der Waals surface area contributed by atoms with Gasteiger partial charge in [0.15, 0.2) is 0 Å². The van der Waals surface area contributed by atoms with E-state index in [1.165, 1.54) is 0 Å². The van der Waals surface area contributed by atoms with Gasteiger partial charge >= 0.3 is 0 Å². The fourth-order valence-corrected chi connectivity index (χ4v) is 5.70. The first-order valence-corrected chi connectivity index (χ1v) is 14.0. The zero-order valence-corrected chi connectivity index (χ0v) is 23.5. The molecule has 0 aliphatic carbocycles. The number of aromatic nitrogens is 4. The van der Waals surface area contributed by atoms with Crippen LogP contribution in [0.15, 0.2) is 55.0 Å². The van der Waals surface area contributed by atoms with Crippen molar-refractivity contribution < 1.29 is 9.53 Å². The fraction of sp³-hybridized carbons (Fsp3) is 0.310. The number of amides is 1. The molecule has 0 bridgehead atoms. The van der Waals surface area contributed by atoms with Crippen LogP contribution in [0, 0.1) is 0 Å².